The number of amides is 3. The summed E-state index contributed by atoms with van der Waals surface area (Å²) in [7, 11) is 0. The number of carbonyl (C=O) groups is 5. The molecule has 2 atom stereocenters. The van der Waals surface area contributed by atoms with Gasteiger partial charge in [-0.3, -0.25) is 28.9 Å². The molecule has 0 heterocycles. The summed E-state index contributed by atoms with van der Waals surface area (Å²) in [6.45, 7) is 4.51. The number of nitrogens with one attached hydrogen (secondary N) is 1. The molecule has 0 aromatic rings. The number of rotatable bonds is 12. The van der Waals surface area contributed by atoms with Crippen LogP contribution in [0.5, 0.6) is 0 Å². The van der Waals surface area contributed by atoms with Gasteiger partial charge in [0.2, 0.25) is 11.8 Å². The molecule has 0 rings (SSSR count). The summed E-state index contributed by atoms with van der Waals surface area (Å²) in [5, 5.41) is 2.44. The Labute approximate surface area is 169 Å². The van der Waals surface area contributed by atoms with Crippen LogP contribution in [0.3, 0.4) is 0 Å². The molecule has 160 valence electrons. The predicted octanol–water partition coefficient (Wildman–Crippen LogP) is -0.600. The fourth-order valence-electron chi connectivity index (χ4n) is 2.11. The smallest absolute Gasteiger partial charge is 0.326 e. The Morgan fingerprint density at radius 3 is 2.18 bits per heavy atom. The normalized spacial score (nSPS) is 12.5. The molecule has 0 fully saturated rings. The molecule has 10 nitrogen and oxygen atoms in total. The molecule has 2 unspecified atom stereocenters. The minimum atomic E-state index is -1.13. The Hall–Kier alpha value is -2.14. The highest BCUT2D eigenvalue weighted by Gasteiger charge is 2.30. The van der Waals surface area contributed by atoms with Gasteiger partial charge in [-0.25, -0.2) is 0 Å². The average molecular weight is 420 g/mol. The van der Waals surface area contributed by atoms with E-state index < -0.39 is 48.3 Å². The van der Waals surface area contributed by atoms with Crippen molar-refractivity contribution < 1.29 is 33.4 Å². The minimum Gasteiger partial charge on any atom is -0.465 e. The second-order valence-electron chi connectivity index (χ2n) is 5.68. The third-order valence-corrected chi connectivity index (χ3v) is 3.91. The van der Waals surface area contributed by atoms with Gasteiger partial charge in [0, 0.05) is 18.6 Å². The van der Waals surface area contributed by atoms with Gasteiger partial charge in [0.25, 0.3) is 5.91 Å². The maximum atomic E-state index is 12.6. The van der Waals surface area contributed by atoms with Gasteiger partial charge >= 0.3 is 11.9 Å². The number of ether oxygens (including phenoxy) is 2. The van der Waals surface area contributed by atoms with Crippen molar-refractivity contribution in [1.82, 2.24) is 10.2 Å². The van der Waals surface area contributed by atoms with Crippen molar-refractivity contribution in [3.63, 3.8) is 0 Å². The first kappa shape index (κ1) is 25.9. The summed E-state index contributed by atoms with van der Waals surface area (Å²) < 4.78 is 9.52. The Bertz CT molecular complexity index is 571. The Balaban J connectivity index is 4.92. The largest absolute Gasteiger partial charge is 0.465 e. The zero-order valence-corrected chi connectivity index (χ0v) is 17.3. The number of thiol groups is 1. The lowest BCUT2D eigenvalue weighted by molar-refractivity contribution is -0.156. The molecule has 0 saturated carbocycles. The van der Waals surface area contributed by atoms with Gasteiger partial charge in [0.15, 0.2) is 0 Å². The van der Waals surface area contributed by atoms with Crippen molar-refractivity contribution in [2.75, 3.05) is 25.5 Å². The molecular weight excluding hydrogens is 390 g/mol. The number of hydrogen-bond acceptors (Lipinski definition) is 9. The lowest BCUT2D eigenvalue weighted by Crippen LogP contribution is -2.53. The lowest BCUT2D eigenvalue weighted by Gasteiger charge is -2.25. The van der Waals surface area contributed by atoms with Crippen LogP contribution in [0.2, 0.25) is 0 Å². The van der Waals surface area contributed by atoms with Crippen LogP contribution >= 0.6 is 12.6 Å². The highest BCUT2D eigenvalue weighted by Crippen LogP contribution is 2.04. The van der Waals surface area contributed by atoms with Gasteiger partial charge in [-0.2, -0.15) is 12.6 Å². The van der Waals surface area contributed by atoms with Gasteiger partial charge < -0.3 is 20.5 Å². The van der Waals surface area contributed by atoms with Crippen molar-refractivity contribution in [3.05, 3.63) is 0 Å². The molecule has 11 heteroatoms. The van der Waals surface area contributed by atoms with Crippen LogP contribution in [0.4, 0.5) is 0 Å². The number of nitrogens with zero attached hydrogens (tertiary/aromatic N) is 1. The lowest BCUT2D eigenvalue weighted by atomic mass is 10.1. The van der Waals surface area contributed by atoms with E-state index in [-0.39, 0.29) is 38.2 Å². The van der Waals surface area contributed by atoms with Gasteiger partial charge in [0.05, 0.1) is 13.2 Å². The standard InChI is InChI=1S/C17H29N3O7S/c1-4-14(22)20(9-15(23)26-5-2)16(24)12(10-28)19-13(21)8-7-11(18)17(25)27-6-3/h11-12,28H,4-10,18H2,1-3H3,(H,19,21). The zero-order valence-electron chi connectivity index (χ0n) is 16.4. The molecular formula is C17H29N3O7S. The zero-order chi connectivity index (χ0) is 21.7. The summed E-state index contributed by atoms with van der Waals surface area (Å²) in [5.74, 6) is -3.34. The van der Waals surface area contributed by atoms with Crippen LogP contribution in [0, 0.1) is 0 Å². The number of nitrogens with two attached hydrogens (primary N) is 1. The molecule has 3 N–H and O–H groups in total. The molecule has 0 aliphatic carbocycles. The second-order valence-corrected chi connectivity index (χ2v) is 6.04. The van der Waals surface area contributed by atoms with Crippen LogP contribution < -0.4 is 11.1 Å². The third-order valence-electron chi connectivity index (χ3n) is 3.55. The average Bonchev–Trinajstić information content (AvgIpc) is 2.67. The van der Waals surface area contributed by atoms with Gasteiger partial charge in [0.1, 0.15) is 18.6 Å². The molecule has 0 saturated heterocycles. The summed E-state index contributed by atoms with van der Waals surface area (Å²) in [6, 6.07) is -2.09. The Kier molecular flexibility index (Phi) is 12.9. The summed E-state index contributed by atoms with van der Waals surface area (Å²) in [5.41, 5.74) is 5.62. The molecule has 0 aliphatic heterocycles. The molecule has 0 radical (unpaired) electrons. The number of carbonyl (C=O) groups excluding carboxylic acids is 5. The van der Waals surface area contributed by atoms with Crippen LogP contribution in [0.15, 0.2) is 0 Å². The maximum absolute atomic E-state index is 12.6. The first-order chi connectivity index (χ1) is 13.2. The van der Waals surface area contributed by atoms with Gasteiger partial charge in [-0.1, -0.05) is 6.92 Å². The first-order valence-electron chi connectivity index (χ1n) is 9.03. The van der Waals surface area contributed by atoms with Crippen LogP contribution in [-0.2, 0) is 33.4 Å². The van der Waals surface area contributed by atoms with E-state index in [0.29, 0.717) is 0 Å². The Morgan fingerprint density at radius 1 is 1.07 bits per heavy atom. The van der Waals surface area contributed by atoms with E-state index in [1.807, 2.05) is 0 Å². The van der Waals surface area contributed by atoms with Crippen molar-refractivity contribution in [2.24, 2.45) is 5.73 Å². The highest BCUT2D eigenvalue weighted by atomic mass is 32.1. The van der Waals surface area contributed by atoms with Crippen molar-refractivity contribution in [1.29, 1.82) is 0 Å². The van der Waals surface area contributed by atoms with Crippen LogP contribution in [-0.4, -0.2) is 72.2 Å². The SMILES string of the molecule is CCOC(=O)CN(C(=O)CC)C(=O)C(CS)NC(=O)CCC(N)C(=O)OCC. The second kappa shape index (κ2) is 13.9. The number of esters is 2. The van der Waals surface area contributed by atoms with E-state index in [1.54, 1.807) is 20.8 Å². The van der Waals surface area contributed by atoms with E-state index in [0.717, 1.165) is 4.90 Å². The predicted molar refractivity (Wildman–Crippen MR) is 103 cm³/mol. The van der Waals surface area contributed by atoms with Gasteiger partial charge in [-0.15, -0.1) is 0 Å². The van der Waals surface area contributed by atoms with E-state index in [9.17, 15) is 24.0 Å². The van der Waals surface area contributed by atoms with Gasteiger partial charge in [-0.05, 0) is 20.3 Å². The molecule has 3 amide bonds. The molecule has 0 bridgehead atoms. The van der Waals surface area contributed by atoms with E-state index in [4.69, 9.17) is 15.2 Å². The quantitative estimate of drug-likeness (QED) is 0.281. The maximum Gasteiger partial charge on any atom is 0.326 e. The van der Waals surface area contributed by atoms with Crippen molar-refractivity contribution >= 4 is 42.3 Å². The third kappa shape index (κ3) is 9.18. The van der Waals surface area contributed by atoms with Crippen molar-refractivity contribution in [3.8, 4) is 0 Å². The molecule has 0 spiro atoms. The topological polar surface area (TPSA) is 145 Å². The van der Waals surface area contributed by atoms with Crippen molar-refractivity contribution in [2.45, 2.75) is 52.1 Å². The van der Waals surface area contributed by atoms with E-state index >= 15 is 0 Å². The monoisotopic (exact) mass is 419 g/mol. The molecule has 0 aromatic heterocycles. The van der Waals surface area contributed by atoms with Crippen LogP contribution in [0.25, 0.3) is 0 Å². The minimum absolute atomic E-state index is 0.00717. The Morgan fingerprint density at radius 2 is 1.68 bits per heavy atom. The fraction of sp³-hybridized carbons (Fsp3) is 0.706. The van der Waals surface area contributed by atoms with Crippen LogP contribution in [0.1, 0.15) is 40.0 Å². The molecule has 0 aromatic carbocycles. The van der Waals surface area contributed by atoms with E-state index in [2.05, 4.69) is 17.9 Å². The fourth-order valence-corrected chi connectivity index (χ4v) is 2.36. The number of hydrogen-bond donors (Lipinski definition) is 3. The molecule has 0 aliphatic rings. The highest BCUT2D eigenvalue weighted by molar-refractivity contribution is 7.80. The van der Waals surface area contributed by atoms with E-state index in [1.165, 1.54) is 0 Å². The first-order valence-corrected chi connectivity index (χ1v) is 9.67. The summed E-state index contributed by atoms with van der Waals surface area (Å²) in [6.07, 6.45) is -0.109. The summed E-state index contributed by atoms with van der Waals surface area (Å²) >= 11 is 4.03. The summed E-state index contributed by atoms with van der Waals surface area (Å²) in [4.78, 5) is 60.6. The molecule has 28 heavy (non-hydrogen) atoms. The number of imide groups is 1.